The highest BCUT2D eigenvalue weighted by molar-refractivity contribution is 5.73. The highest BCUT2D eigenvalue weighted by atomic mass is 16.5. The highest BCUT2D eigenvalue weighted by Gasteiger charge is 2.17. The Morgan fingerprint density at radius 3 is 2.16 bits per heavy atom. The number of ether oxygens (including phenoxy) is 1. The minimum atomic E-state index is -0.144. The number of rotatable bonds is 5. The van der Waals surface area contributed by atoms with Gasteiger partial charge in [-0.25, -0.2) is 0 Å². The van der Waals surface area contributed by atoms with E-state index < -0.39 is 0 Å². The fourth-order valence-corrected chi connectivity index (χ4v) is 2.27. The monoisotopic (exact) mass is 263 g/mol. The normalized spacial score (nSPS) is 12.1. The van der Waals surface area contributed by atoms with Crippen LogP contribution in [0.25, 0.3) is 0 Å². The lowest BCUT2D eigenvalue weighted by molar-refractivity contribution is -0.145. The average Bonchev–Trinajstić information content (AvgIpc) is 2.40. The van der Waals surface area contributed by atoms with Crippen molar-refractivity contribution in [2.75, 3.05) is 19.0 Å². The second kappa shape index (κ2) is 6.60. The lowest BCUT2D eigenvalue weighted by Crippen LogP contribution is -2.24. The van der Waals surface area contributed by atoms with Crippen LogP contribution in [0, 0.1) is 33.6 Å². The van der Waals surface area contributed by atoms with E-state index in [9.17, 15) is 4.79 Å². The maximum Gasteiger partial charge on any atom is 0.310 e. The summed E-state index contributed by atoms with van der Waals surface area (Å²) in [5, 5.41) is 3.43. The van der Waals surface area contributed by atoms with Crippen molar-refractivity contribution in [3.05, 3.63) is 28.3 Å². The minimum absolute atomic E-state index is 0.0929. The van der Waals surface area contributed by atoms with Crippen molar-refractivity contribution in [3.63, 3.8) is 0 Å². The van der Waals surface area contributed by atoms with E-state index in [-0.39, 0.29) is 11.9 Å². The third-order valence-corrected chi connectivity index (χ3v) is 3.92. The maximum absolute atomic E-state index is 11.6. The van der Waals surface area contributed by atoms with Gasteiger partial charge >= 0.3 is 5.97 Å². The van der Waals surface area contributed by atoms with Crippen LogP contribution in [-0.2, 0) is 9.53 Å². The average molecular weight is 263 g/mol. The molecule has 0 amide bonds. The molecular weight excluding hydrogens is 238 g/mol. The van der Waals surface area contributed by atoms with Gasteiger partial charge < -0.3 is 10.1 Å². The first-order valence-electron chi connectivity index (χ1n) is 6.81. The summed E-state index contributed by atoms with van der Waals surface area (Å²) in [7, 11) is 1.44. The van der Waals surface area contributed by atoms with E-state index in [1.807, 2.05) is 6.92 Å². The number of hydrogen-bond donors (Lipinski definition) is 1. The first kappa shape index (κ1) is 15.5. The van der Waals surface area contributed by atoms with Gasteiger partial charge in [-0.3, -0.25) is 4.79 Å². The zero-order valence-electron chi connectivity index (χ0n) is 12.9. The molecule has 0 saturated heterocycles. The van der Waals surface area contributed by atoms with Crippen LogP contribution < -0.4 is 5.32 Å². The standard InChI is InChI=1S/C16H25NO2/c1-7-14(16(18)19-6)9-17-15-12(4)10(2)8-11(3)13(15)5/h8,14,17H,7,9H2,1-6H3. The number of anilines is 1. The van der Waals surface area contributed by atoms with Gasteiger partial charge in [-0.05, 0) is 56.4 Å². The van der Waals surface area contributed by atoms with E-state index in [2.05, 4.69) is 39.1 Å². The number of esters is 1. The molecule has 3 nitrogen and oxygen atoms in total. The lowest BCUT2D eigenvalue weighted by Gasteiger charge is -2.20. The third kappa shape index (κ3) is 3.49. The smallest absolute Gasteiger partial charge is 0.310 e. The number of carbonyl (C=O) groups is 1. The zero-order chi connectivity index (χ0) is 14.6. The topological polar surface area (TPSA) is 38.3 Å². The highest BCUT2D eigenvalue weighted by Crippen LogP contribution is 2.27. The molecule has 1 rings (SSSR count). The van der Waals surface area contributed by atoms with Gasteiger partial charge in [-0.2, -0.15) is 0 Å². The molecule has 0 aliphatic heterocycles. The van der Waals surface area contributed by atoms with Gasteiger partial charge in [0.05, 0.1) is 13.0 Å². The van der Waals surface area contributed by atoms with Crippen molar-refractivity contribution < 1.29 is 9.53 Å². The lowest BCUT2D eigenvalue weighted by atomic mass is 9.98. The summed E-state index contributed by atoms with van der Waals surface area (Å²) in [4.78, 5) is 11.6. The zero-order valence-corrected chi connectivity index (χ0v) is 12.9. The van der Waals surface area contributed by atoms with Crippen molar-refractivity contribution in [2.24, 2.45) is 5.92 Å². The number of nitrogens with one attached hydrogen (secondary N) is 1. The maximum atomic E-state index is 11.6. The first-order chi connectivity index (χ1) is 8.92. The van der Waals surface area contributed by atoms with Crippen LogP contribution in [0.1, 0.15) is 35.6 Å². The second-order valence-electron chi connectivity index (χ2n) is 5.14. The van der Waals surface area contributed by atoms with E-state index >= 15 is 0 Å². The molecule has 1 aromatic carbocycles. The van der Waals surface area contributed by atoms with Crippen LogP contribution in [0.3, 0.4) is 0 Å². The largest absolute Gasteiger partial charge is 0.469 e. The molecule has 1 aromatic rings. The Hall–Kier alpha value is -1.51. The van der Waals surface area contributed by atoms with Crippen molar-refractivity contribution in [1.82, 2.24) is 0 Å². The van der Waals surface area contributed by atoms with Gasteiger partial charge in [0.1, 0.15) is 0 Å². The summed E-state index contributed by atoms with van der Waals surface area (Å²) in [6.07, 6.45) is 0.780. The van der Waals surface area contributed by atoms with Crippen molar-refractivity contribution >= 4 is 11.7 Å². The Balaban J connectivity index is 2.91. The van der Waals surface area contributed by atoms with Crippen LogP contribution in [0.5, 0.6) is 0 Å². The van der Waals surface area contributed by atoms with Crippen molar-refractivity contribution in [1.29, 1.82) is 0 Å². The van der Waals surface area contributed by atoms with Crippen LogP contribution in [-0.4, -0.2) is 19.6 Å². The molecule has 3 heteroatoms. The second-order valence-corrected chi connectivity index (χ2v) is 5.14. The molecule has 0 radical (unpaired) electrons. The molecule has 106 valence electrons. The van der Waals surface area contributed by atoms with Crippen LogP contribution in [0.2, 0.25) is 0 Å². The molecule has 0 spiro atoms. The van der Waals surface area contributed by atoms with Crippen molar-refractivity contribution in [2.45, 2.75) is 41.0 Å². The van der Waals surface area contributed by atoms with Gasteiger partial charge in [-0.15, -0.1) is 0 Å². The number of hydrogen-bond acceptors (Lipinski definition) is 3. The predicted molar refractivity (Wildman–Crippen MR) is 79.7 cm³/mol. The molecule has 0 bridgehead atoms. The van der Waals surface area contributed by atoms with Gasteiger partial charge in [0, 0.05) is 12.2 Å². The summed E-state index contributed by atoms with van der Waals surface area (Å²) < 4.78 is 4.82. The Morgan fingerprint density at radius 2 is 1.74 bits per heavy atom. The van der Waals surface area contributed by atoms with Gasteiger partial charge in [0.2, 0.25) is 0 Å². The van der Waals surface area contributed by atoms with E-state index in [0.717, 1.165) is 12.1 Å². The summed E-state index contributed by atoms with van der Waals surface area (Å²) in [5.41, 5.74) is 6.21. The fraction of sp³-hybridized carbons (Fsp3) is 0.562. The van der Waals surface area contributed by atoms with E-state index in [0.29, 0.717) is 6.54 Å². The molecule has 0 saturated carbocycles. The summed E-state index contributed by atoms with van der Waals surface area (Å²) in [6.45, 7) is 11.1. The Bertz CT molecular complexity index is 440. The molecule has 0 aliphatic rings. The molecular formula is C16H25NO2. The Kier molecular flexibility index (Phi) is 5.40. The van der Waals surface area contributed by atoms with Gasteiger partial charge in [-0.1, -0.05) is 13.0 Å². The predicted octanol–water partition coefficient (Wildman–Crippen LogP) is 3.53. The molecule has 1 atom stereocenters. The number of methoxy groups -OCH3 is 1. The van der Waals surface area contributed by atoms with E-state index in [4.69, 9.17) is 4.74 Å². The Morgan fingerprint density at radius 1 is 1.21 bits per heavy atom. The quantitative estimate of drug-likeness (QED) is 0.826. The molecule has 1 N–H and O–H groups in total. The third-order valence-electron chi connectivity index (χ3n) is 3.92. The number of benzene rings is 1. The van der Waals surface area contributed by atoms with E-state index in [1.165, 1.54) is 29.4 Å². The molecule has 0 aromatic heterocycles. The van der Waals surface area contributed by atoms with Gasteiger partial charge in [0.15, 0.2) is 0 Å². The number of aryl methyl sites for hydroxylation is 2. The molecule has 0 fully saturated rings. The minimum Gasteiger partial charge on any atom is -0.469 e. The summed E-state index contributed by atoms with van der Waals surface area (Å²) in [6, 6.07) is 2.20. The summed E-state index contributed by atoms with van der Waals surface area (Å²) >= 11 is 0. The fourth-order valence-electron chi connectivity index (χ4n) is 2.27. The van der Waals surface area contributed by atoms with Crippen LogP contribution in [0.15, 0.2) is 6.07 Å². The molecule has 0 heterocycles. The SMILES string of the molecule is CCC(CNc1c(C)c(C)cc(C)c1C)C(=O)OC. The van der Waals surface area contributed by atoms with Crippen molar-refractivity contribution in [3.8, 4) is 0 Å². The first-order valence-corrected chi connectivity index (χ1v) is 6.81. The van der Waals surface area contributed by atoms with Crippen LogP contribution in [0.4, 0.5) is 5.69 Å². The molecule has 19 heavy (non-hydrogen) atoms. The Labute approximate surface area is 116 Å². The van der Waals surface area contributed by atoms with Crippen LogP contribution >= 0.6 is 0 Å². The number of carbonyl (C=O) groups excluding carboxylic acids is 1. The summed E-state index contributed by atoms with van der Waals surface area (Å²) in [5.74, 6) is -0.237. The molecule has 0 aliphatic carbocycles. The van der Waals surface area contributed by atoms with Gasteiger partial charge in [0.25, 0.3) is 0 Å². The molecule has 1 unspecified atom stereocenters. The van der Waals surface area contributed by atoms with E-state index in [1.54, 1.807) is 0 Å².